The highest BCUT2D eigenvalue weighted by Crippen LogP contribution is 2.48. The molecule has 1 aliphatic rings. The second-order valence-corrected chi connectivity index (χ2v) is 6.82. The molecule has 0 saturated heterocycles. The van der Waals surface area contributed by atoms with Crippen molar-refractivity contribution in [3.8, 4) is 0 Å². The van der Waals surface area contributed by atoms with Crippen LogP contribution in [-0.2, 0) is 15.9 Å². The molecule has 0 fully saturated rings. The van der Waals surface area contributed by atoms with Gasteiger partial charge in [0.2, 0.25) is 0 Å². The van der Waals surface area contributed by atoms with Gasteiger partial charge in [0.05, 0.1) is 16.9 Å². The first kappa shape index (κ1) is 12.4. The van der Waals surface area contributed by atoms with Gasteiger partial charge in [-0.25, -0.2) is 0 Å². The van der Waals surface area contributed by atoms with Gasteiger partial charge in [-0.3, -0.25) is 5.10 Å². The monoisotopic (exact) mass is 237 g/mol. The fourth-order valence-corrected chi connectivity index (χ4v) is 2.55. The van der Waals surface area contributed by atoms with Gasteiger partial charge in [0.25, 0.3) is 0 Å². The summed E-state index contributed by atoms with van der Waals surface area (Å²) in [6.07, 6.45) is 0. The van der Waals surface area contributed by atoms with Crippen LogP contribution in [0.4, 0.5) is 5.82 Å². The lowest BCUT2D eigenvalue weighted by Gasteiger charge is -2.27. The summed E-state index contributed by atoms with van der Waals surface area (Å²) in [5.74, 6) is 0.906. The summed E-state index contributed by atoms with van der Waals surface area (Å²) in [6.45, 7) is 14.7. The van der Waals surface area contributed by atoms with Crippen molar-refractivity contribution in [2.24, 2.45) is 0 Å². The van der Waals surface area contributed by atoms with Crippen LogP contribution in [0.3, 0.4) is 0 Å². The second kappa shape index (κ2) is 3.25. The molecule has 96 valence electrons. The zero-order valence-electron chi connectivity index (χ0n) is 11.9. The van der Waals surface area contributed by atoms with E-state index in [1.165, 1.54) is 0 Å². The fourth-order valence-electron chi connectivity index (χ4n) is 2.55. The first-order chi connectivity index (χ1) is 7.53. The highest BCUT2D eigenvalue weighted by molar-refractivity contribution is 5.54. The molecule has 4 heteroatoms. The van der Waals surface area contributed by atoms with Crippen molar-refractivity contribution in [1.82, 2.24) is 10.2 Å². The molecule has 0 bridgehead atoms. The normalized spacial score (nSPS) is 21.4. The van der Waals surface area contributed by atoms with Gasteiger partial charge >= 0.3 is 0 Å². The lowest BCUT2D eigenvalue weighted by molar-refractivity contribution is -0.107. The lowest BCUT2D eigenvalue weighted by atomic mass is 9.96. The highest BCUT2D eigenvalue weighted by atomic mass is 16.5. The van der Waals surface area contributed by atoms with E-state index in [0.717, 1.165) is 17.1 Å². The molecule has 1 aromatic heterocycles. The molecule has 4 nitrogen and oxygen atoms in total. The summed E-state index contributed by atoms with van der Waals surface area (Å²) in [4.78, 5) is 0. The van der Waals surface area contributed by atoms with Crippen molar-refractivity contribution in [3.63, 3.8) is 0 Å². The number of H-pyrrole nitrogens is 1. The number of hydrogen-bond acceptors (Lipinski definition) is 3. The van der Waals surface area contributed by atoms with Crippen LogP contribution in [0.25, 0.3) is 0 Å². The molecule has 0 radical (unpaired) electrons. The molecular formula is C13H23N3O. The van der Waals surface area contributed by atoms with Crippen molar-refractivity contribution in [2.45, 2.75) is 65.2 Å². The molecule has 0 aromatic carbocycles. The van der Waals surface area contributed by atoms with E-state index in [0.29, 0.717) is 0 Å². The predicted octanol–water partition coefficient (Wildman–Crippen LogP) is 3.12. The van der Waals surface area contributed by atoms with E-state index in [1.54, 1.807) is 0 Å². The maximum Gasteiger partial charge on any atom is 0.154 e. The molecule has 0 unspecified atom stereocenters. The Morgan fingerprint density at radius 3 is 2.24 bits per heavy atom. The van der Waals surface area contributed by atoms with Crippen LogP contribution < -0.4 is 5.32 Å². The number of fused-ring (bicyclic) bond motifs is 1. The summed E-state index contributed by atoms with van der Waals surface area (Å²) < 4.78 is 6.09. The molecule has 2 heterocycles. The van der Waals surface area contributed by atoms with Crippen LogP contribution in [-0.4, -0.2) is 15.7 Å². The van der Waals surface area contributed by atoms with Gasteiger partial charge in [-0.15, -0.1) is 0 Å². The maximum atomic E-state index is 6.09. The Balaban J connectivity index is 2.48. The maximum absolute atomic E-state index is 6.09. The number of aromatic nitrogens is 2. The molecule has 0 amide bonds. The van der Waals surface area contributed by atoms with Crippen molar-refractivity contribution < 1.29 is 4.74 Å². The molecule has 2 N–H and O–H groups in total. The van der Waals surface area contributed by atoms with Gasteiger partial charge in [-0.2, -0.15) is 5.10 Å². The lowest BCUT2D eigenvalue weighted by Crippen LogP contribution is -2.29. The zero-order valence-corrected chi connectivity index (χ0v) is 11.9. The summed E-state index contributed by atoms with van der Waals surface area (Å²) in [5, 5.41) is 10.9. The molecule has 0 spiro atoms. The molecule has 1 aliphatic heterocycles. The minimum absolute atomic E-state index is 0.00816. The summed E-state index contributed by atoms with van der Waals surface area (Å²) >= 11 is 0. The van der Waals surface area contributed by atoms with Gasteiger partial charge in [0.1, 0.15) is 5.60 Å². The largest absolute Gasteiger partial charge is 0.364 e. The van der Waals surface area contributed by atoms with Crippen LogP contribution in [0.5, 0.6) is 0 Å². The van der Waals surface area contributed by atoms with Crippen molar-refractivity contribution in [3.05, 3.63) is 11.3 Å². The Labute approximate surface area is 103 Å². The van der Waals surface area contributed by atoms with Gasteiger partial charge in [-0.05, 0) is 48.5 Å². The number of hydrogen-bond donors (Lipinski definition) is 2. The van der Waals surface area contributed by atoms with Crippen molar-refractivity contribution in [2.75, 3.05) is 5.32 Å². The first-order valence-corrected chi connectivity index (χ1v) is 6.11. The molecule has 1 aromatic rings. The number of rotatable bonds is 1. The molecule has 2 rings (SSSR count). The molecule has 0 saturated carbocycles. The van der Waals surface area contributed by atoms with Crippen LogP contribution in [0, 0.1) is 0 Å². The quantitative estimate of drug-likeness (QED) is 0.789. The summed E-state index contributed by atoms with van der Waals surface area (Å²) in [5.41, 5.74) is 1.61. The Hall–Kier alpha value is -1.03. The summed E-state index contributed by atoms with van der Waals surface area (Å²) in [7, 11) is 0. The van der Waals surface area contributed by atoms with E-state index in [2.05, 4.69) is 64.0 Å². The minimum Gasteiger partial charge on any atom is -0.364 e. The van der Waals surface area contributed by atoms with Crippen LogP contribution in [0.15, 0.2) is 0 Å². The smallest absolute Gasteiger partial charge is 0.154 e. The van der Waals surface area contributed by atoms with Crippen molar-refractivity contribution >= 4 is 5.82 Å². The van der Waals surface area contributed by atoms with E-state index in [9.17, 15) is 0 Å². The van der Waals surface area contributed by atoms with Crippen LogP contribution in [0.1, 0.15) is 59.7 Å². The fraction of sp³-hybridized carbons (Fsp3) is 0.769. The number of aromatic amines is 1. The Bertz CT molecular complexity index is 438. The Morgan fingerprint density at radius 2 is 1.71 bits per heavy atom. The number of nitrogens with zero attached hydrogens (tertiary/aromatic N) is 1. The SMILES string of the molecule is CC(C)(C)Nc1n[nH]c2c1C(C)(C)OC2(C)C. The van der Waals surface area contributed by atoms with Gasteiger partial charge < -0.3 is 10.1 Å². The Kier molecular flexibility index (Phi) is 2.38. The number of ether oxygens (including phenoxy) is 1. The standard InChI is InChI=1S/C13H23N3O/c1-11(2,3)14-10-8-9(15-16-10)13(6,7)17-12(8,4)5/h1-7H3,(H2,14,15,16). The van der Waals surface area contributed by atoms with E-state index >= 15 is 0 Å². The van der Waals surface area contributed by atoms with Crippen LogP contribution >= 0.6 is 0 Å². The molecule has 0 aliphatic carbocycles. The third-order valence-corrected chi connectivity index (χ3v) is 2.97. The predicted molar refractivity (Wildman–Crippen MR) is 69.1 cm³/mol. The Morgan fingerprint density at radius 1 is 1.12 bits per heavy atom. The van der Waals surface area contributed by atoms with E-state index in [-0.39, 0.29) is 16.7 Å². The molecule has 17 heavy (non-hydrogen) atoms. The van der Waals surface area contributed by atoms with Gasteiger partial charge in [-0.1, -0.05) is 0 Å². The molecule has 0 atom stereocenters. The average Bonchev–Trinajstić information content (AvgIpc) is 2.49. The molecular weight excluding hydrogens is 214 g/mol. The third kappa shape index (κ3) is 2.06. The topological polar surface area (TPSA) is 49.9 Å². The van der Waals surface area contributed by atoms with Crippen LogP contribution in [0.2, 0.25) is 0 Å². The third-order valence-electron chi connectivity index (χ3n) is 2.97. The van der Waals surface area contributed by atoms with E-state index in [1.807, 2.05) is 0 Å². The highest BCUT2D eigenvalue weighted by Gasteiger charge is 2.47. The average molecular weight is 237 g/mol. The van der Waals surface area contributed by atoms with E-state index < -0.39 is 0 Å². The van der Waals surface area contributed by atoms with Gasteiger partial charge in [0.15, 0.2) is 5.82 Å². The number of anilines is 1. The van der Waals surface area contributed by atoms with Gasteiger partial charge in [0, 0.05) is 5.54 Å². The second-order valence-electron chi connectivity index (χ2n) is 6.82. The number of nitrogens with one attached hydrogen (secondary N) is 2. The first-order valence-electron chi connectivity index (χ1n) is 6.11. The van der Waals surface area contributed by atoms with E-state index in [4.69, 9.17) is 4.74 Å². The van der Waals surface area contributed by atoms with Crippen molar-refractivity contribution in [1.29, 1.82) is 0 Å². The summed E-state index contributed by atoms with van der Waals surface area (Å²) in [6, 6.07) is 0. The zero-order chi connectivity index (χ0) is 13.1. The minimum atomic E-state index is -0.306.